The number of benzene rings is 2. The van der Waals surface area contributed by atoms with Gasteiger partial charge in [-0.3, -0.25) is 4.79 Å². The van der Waals surface area contributed by atoms with E-state index in [9.17, 15) is 9.90 Å². The molecule has 1 fully saturated rings. The maximum Gasteiger partial charge on any atom is 0.227 e. The average molecular weight is 445 g/mol. The van der Waals surface area contributed by atoms with Crippen molar-refractivity contribution in [2.75, 3.05) is 39.8 Å². The Labute approximate surface area is 188 Å². The Kier molecular flexibility index (Phi) is 8.00. The zero-order chi connectivity index (χ0) is 22.2. The van der Waals surface area contributed by atoms with E-state index in [1.807, 2.05) is 42.2 Å². The van der Waals surface area contributed by atoms with E-state index in [1.165, 1.54) is 7.11 Å². The highest BCUT2D eigenvalue weighted by Crippen LogP contribution is 2.26. The number of nitrogens with one attached hydrogen (secondary N) is 1. The Hall–Kier alpha value is -2.93. The molecule has 0 unspecified atom stereocenters. The molecule has 31 heavy (non-hydrogen) atoms. The third kappa shape index (κ3) is 6.28. The van der Waals surface area contributed by atoms with E-state index in [0.29, 0.717) is 49.9 Å². The monoisotopic (exact) mass is 444 g/mol. The average Bonchev–Trinajstić information content (AvgIpc) is 2.77. The van der Waals surface area contributed by atoms with E-state index in [-0.39, 0.29) is 11.7 Å². The van der Waals surface area contributed by atoms with Crippen molar-refractivity contribution >= 4 is 23.5 Å². The van der Waals surface area contributed by atoms with Gasteiger partial charge in [-0.05, 0) is 42.3 Å². The summed E-state index contributed by atoms with van der Waals surface area (Å²) < 4.78 is 5.09. The highest BCUT2D eigenvalue weighted by molar-refractivity contribution is 6.30. The van der Waals surface area contributed by atoms with Gasteiger partial charge in [0, 0.05) is 37.7 Å². The summed E-state index contributed by atoms with van der Waals surface area (Å²) in [6.45, 7) is 5.93. The molecule has 7 nitrogen and oxygen atoms in total. The van der Waals surface area contributed by atoms with Crippen molar-refractivity contribution in [1.82, 2.24) is 15.1 Å². The first-order valence-corrected chi connectivity index (χ1v) is 10.8. The molecular formula is C23H29ClN4O3. The second-order valence-electron chi connectivity index (χ2n) is 7.35. The fourth-order valence-electron chi connectivity index (χ4n) is 3.53. The quantitative estimate of drug-likeness (QED) is 0.529. The second-order valence-corrected chi connectivity index (χ2v) is 7.79. The summed E-state index contributed by atoms with van der Waals surface area (Å²) in [6, 6.07) is 12.7. The summed E-state index contributed by atoms with van der Waals surface area (Å²) in [6.07, 6.45) is 0.357. The van der Waals surface area contributed by atoms with Crippen LogP contribution in [0.4, 0.5) is 0 Å². The van der Waals surface area contributed by atoms with Crippen molar-refractivity contribution in [1.29, 1.82) is 0 Å². The first kappa shape index (κ1) is 22.7. The van der Waals surface area contributed by atoms with E-state index in [2.05, 4.69) is 10.2 Å². The third-order valence-corrected chi connectivity index (χ3v) is 5.40. The smallest absolute Gasteiger partial charge is 0.227 e. The molecule has 1 saturated heterocycles. The van der Waals surface area contributed by atoms with Crippen LogP contribution in [0, 0.1) is 0 Å². The summed E-state index contributed by atoms with van der Waals surface area (Å²) in [4.78, 5) is 21.4. The van der Waals surface area contributed by atoms with Gasteiger partial charge in [0.1, 0.15) is 0 Å². The summed E-state index contributed by atoms with van der Waals surface area (Å²) >= 11 is 6.02. The summed E-state index contributed by atoms with van der Waals surface area (Å²) in [5, 5.41) is 13.9. The zero-order valence-electron chi connectivity index (χ0n) is 18.0. The second kappa shape index (κ2) is 10.9. The van der Waals surface area contributed by atoms with E-state index in [1.54, 1.807) is 12.1 Å². The van der Waals surface area contributed by atoms with Crippen LogP contribution >= 0.6 is 11.6 Å². The number of amides is 1. The van der Waals surface area contributed by atoms with Crippen LogP contribution in [0.5, 0.6) is 11.5 Å². The van der Waals surface area contributed by atoms with Gasteiger partial charge in [-0.15, -0.1) is 0 Å². The van der Waals surface area contributed by atoms with Crippen LogP contribution in [-0.2, 0) is 17.8 Å². The summed E-state index contributed by atoms with van der Waals surface area (Å²) in [5.41, 5.74) is 1.82. The largest absolute Gasteiger partial charge is 0.504 e. The van der Waals surface area contributed by atoms with Gasteiger partial charge in [-0.1, -0.05) is 29.8 Å². The minimum atomic E-state index is 0.104. The van der Waals surface area contributed by atoms with Gasteiger partial charge in [-0.25, -0.2) is 4.99 Å². The topological polar surface area (TPSA) is 77.4 Å². The summed E-state index contributed by atoms with van der Waals surface area (Å²) in [5.74, 6) is 1.46. The molecule has 2 aromatic carbocycles. The van der Waals surface area contributed by atoms with Crippen LogP contribution in [-0.4, -0.2) is 66.6 Å². The number of ether oxygens (including phenoxy) is 1. The SMILES string of the molecule is CCNC(=NCc1ccc(OC)c(O)c1)N1CCN(C(=O)Cc2cccc(Cl)c2)CC1. The van der Waals surface area contributed by atoms with Crippen LogP contribution in [0.1, 0.15) is 18.1 Å². The van der Waals surface area contributed by atoms with Crippen molar-refractivity contribution < 1.29 is 14.6 Å². The van der Waals surface area contributed by atoms with Gasteiger partial charge in [0.15, 0.2) is 17.5 Å². The number of rotatable bonds is 6. The van der Waals surface area contributed by atoms with Gasteiger partial charge in [0.05, 0.1) is 20.1 Å². The molecule has 0 atom stereocenters. The number of piperazine rings is 1. The Morgan fingerprint density at radius 3 is 2.52 bits per heavy atom. The number of nitrogens with zero attached hydrogens (tertiary/aromatic N) is 3. The lowest BCUT2D eigenvalue weighted by molar-refractivity contribution is -0.131. The standard InChI is InChI=1S/C23H29ClN4O3/c1-3-25-23(26-16-18-7-8-21(31-2)20(29)14-18)28-11-9-27(10-12-28)22(30)15-17-5-4-6-19(24)13-17/h4-8,13-14,29H,3,9-12,15-16H2,1-2H3,(H,25,26). The van der Waals surface area contributed by atoms with Crippen LogP contribution in [0.25, 0.3) is 0 Å². The molecule has 0 saturated carbocycles. The number of phenols is 1. The van der Waals surface area contributed by atoms with E-state index < -0.39 is 0 Å². The van der Waals surface area contributed by atoms with Crippen molar-refractivity contribution in [3.63, 3.8) is 0 Å². The number of aromatic hydroxyl groups is 1. The van der Waals surface area contributed by atoms with Crippen molar-refractivity contribution in [3.05, 3.63) is 58.6 Å². The first-order valence-electron chi connectivity index (χ1n) is 10.4. The number of phenolic OH excluding ortho intramolecular Hbond substituents is 1. The number of hydrogen-bond acceptors (Lipinski definition) is 4. The Morgan fingerprint density at radius 2 is 1.87 bits per heavy atom. The van der Waals surface area contributed by atoms with Gasteiger partial charge in [-0.2, -0.15) is 0 Å². The van der Waals surface area contributed by atoms with Crippen LogP contribution in [0.2, 0.25) is 5.02 Å². The fraction of sp³-hybridized carbons (Fsp3) is 0.391. The Balaban J connectivity index is 1.58. The zero-order valence-corrected chi connectivity index (χ0v) is 18.7. The lowest BCUT2D eigenvalue weighted by Gasteiger charge is -2.36. The molecule has 2 aromatic rings. The molecule has 1 amide bonds. The number of carbonyl (C=O) groups is 1. The van der Waals surface area contributed by atoms with Crippen LogP contribution in [0.3, 0.4) is 0 Å². The molecule has 1 heterocycles. The molecule has 1 aliphatic rings. The molecule has 2 N–H and O–H groups in total. The highest BCUT2D eigenvalue weighted by Gasteiger charge is 2.23. The van der Waals surface area contributed by atoms with Gasteiger partial charge >= 0.3 is 0 Å². The van der Waals surface area contributed by atoms with Gasteiger partial charge in [0.2, 0.25) is 5.91 Å². The molecular weight excluding hydrogens is 416 g/mol. The normalized spacial score (nSPS) is 14.5. The van der Waals surface area contributed by atoms with E-state index >= 15 is 0 Å². The molecule has 3 rings (SSSR count). The van der Waals surface area contributed by atoms with Crippen molar-refractivity contribution in [2.24, 2.45) is 4.99 Å². The van der Waals surface area contributed by atoms with Gasteiger partial charge in [0.25, 0.3) is 0 Å². The summed E-state index contributed by atoms with van der Waals surface area (Å²) in [7, 11) is 1.52. The first-order chi connectivity index (χ1) is 15.0. The van der Waals surface area contributed by atoms with Gasteiger partial charge < -0.3 is 25.0 Å². The maximum absolute atomic E-state index is 12.7. The Morgan fingerprint density at radius 1 is 1.13 bits per heavy atom. The van der Waals surface area contributed by atoms with Crippen molar-refractivity contribution in [2.45, 2.75) is 19.9 Å². The molecule has 0 bridgehead atoms. The number of halogens is 1. The van der Waals surface area contributed by atoms with E-state index in [0.717, 1.165) is 23.6 Å². The molecule has 1 aliphatic heterocycles. The van der Waals surface area contributed by atoms with Crippen LogP contribution < -0.4 is 10.1 Å². The number of carbonyl (C=O) groups excluding carboxylic acids is 1. The Bertz CT molecular complexity index is 927. The predicted octanol–water partition coefficient (Wildman–Crippen LogP) is 2.91. The molecule has 8 heteroatoms. The molecule has 0 radical (unpaired) electrons. The van der Waals surface area contributed by atoms with Crippen LogP contribution in [0.15, 0.2) is 47.5 Å². The molecule has 0 spiro atoms. The highest BCUT2D eigenvalue weighted by atomic mass is 35.5. The molecule has 166 valence electrons. The molecule has 0 aliphatic carbocycles. The number of hydrogen-bond donors (Lipinski definition) is 2. The number of methoxy groups -OCH3 is 1. The maximum atomic E-state index is 12.7. The minimum absolute atomic E-state index is 0.104. The minimum Gasteiger partial charge on any atom is -0.504 e. The van der Waals surface area contributed by atoms with E-state index in [4.69, 9.17) is 21.3 Å². The number of aliphatic imine (C=N–C) groups is 1. The lowest BCUT2D eigenvalue weighted by Crippen LogP contribution is -2.54. The molecule has 0 aromatic heterocycles. The van der Waals surface area contributed by atoms with Crippen molar-refractivity contribution in [3.8, 4) is 11.5 Å². The fourth-order valence-corrected chi connectivity index (χ4v) is 3.74. The third-order valence-electron chi connectivity index (χ3n) is 5.17. The predicted molar refractivity (Wildman–Crippen MR) is 123 cm³/mol. The number of guanidine groups is 1. The lowest BCUT2D eigenvalue weighted by atomic mass is 10.1.